The molecule has 1 aliphatic rings. The van der Waals surface area contributed by atoms with E-state index in [0.717, 1.165) is 42.9 Å². The summed E-state index contributed by atoms with van der Waals surface area (Å²) < 4.78 is 5.54. The molecule has 1 unspecified atom stereocenters. The van der Waals surface area contributed by atoms with Crippen molar-refractivity contribution in [2.75, 3.05) is 18.0 Å². The van der Waals surface area contributed by atoms with Crippen molar-refractivity contribution in [2.45, 2.75) is 25.7 Å². The minimum absolute atomic E-state index is 0.140. The number of piperidine rings is 1. The molecule has 0 radical (unpaired) electrons. The number of aromatic nitrogens is 3. The van der Waals surface area contributed by atoms with E-state index in [1.165, 1.54) is 0 Å². The van der Waals surface area contributed by atoms with Gasteiger partial charge in [-0.1, -0.05) is 22.8 Å². The number of hydrogen-bond donors (Lipinski definition) is 0. The van der Waals surface area contributed by atoms with Crippen LogP contribution in [0.25, 0.3) is 11.4 Å². The number of benzene rings is 1. The maximum absolute atomic E-state index is 9.23. The molecule has 4 rings (SSSR count). The second-order valence-electron chi connectivity index (χ2n) is 6.70. The van der Waals surface area contributed by atoms with Crippen molar-refractivity contribution in [1.82, 2.24) is 15.1 Å². The third-order valence-electron chi connectivity index (χ3n) is 4.83. The molecule has 0 bridgehead atoms. The number of rotatable bonds is 3. The van der Waals surface area contributed by atoms with Gasteiger partial charge in [0, 0.05) is 23.7 Å². The van der Waals surface area contributed by atoms with Gasteiger partial charge in [-0.05, 0) is 55.7 Å². The monoisotopic (exact) mass is 379 g/mol. The van der Waals surface area contributed by atoms with Crippen LogP contribution in [0.2, 0.25) is 5.02 Å². The van der Waals surface area contributed by atoms with Gasteiger partial charge in [-0.2, -0.15) is 10.2 Å². The Morgan fingerprint density at radius 2 is 2.00 bits per heavy atom. The maximum Gasteiger partial charge on any atom is 0.231 e. The number of nitriles is 1. The molecule has 1 atom stereocenters. The summed E-state index contributed by atoms with van der Waals surface area (Å²) in [7, 11) is 0. The first-order chi connectivity index (χ1) is 13.1. The molecule has 136 valence electrons. The zero-order valence-electron chi connectivity index (χ0n) is 14.9. The Morgan fingerprint density at radius 1 is 1.19 bits per heavy atom. The molecule has 3 heterocycles. The fraction of sp³-hybridized carbons (Fsp3) is 0.300. The van der Waals surface area contributed by atoms with Crippen LogP contribution in [0.4, 0.5) is 5.82 Å². The van der Waals surface area contributed by atoms with E-state index < -0.39 is 0 Å². The molecule has 1 saturated heterocycles. The van der Waals surface area contributed by atoms with Crippen molar-refractivity contribution in [1.29, 1.82) is 5.26 Å². The molecule has 0 saturated carbocycles. The average Bonchev–Trinajstić information content (AvgIpc) is 3.19. The first-order valence-electron chi connectivity index (χ1n) is 8.86. The van der Waals surface area contributed by atoms with E-state index in [0.29, 0.717) is 22.4 Å². The largest absolute Gasteiger partial charge is 0.356 e. The summed E-state index contributed by atoms with van der Waals surface area (Å²) in [6.45, 7) is 3.53. The molecular weight excluding hydrogens is 362 g/mol. The van der Waals surface area contributed by atoms with E-state index >= 15 is 0 Å². The summed E-state index contributed by atoms with van der Waals surface area (Å²) in [6, 6.07) is 13.4. The average molecular weight is 380 g/mol. The summed E-state index contributed by atoms with van der Waals surface area (Å²) in [4.78, 5) is 11.3. The van der Waals surface area contributed by atoms with Crippen LogP contribution in [0, 0.1) is 18.3 Å². The van der Waals surface area contributed by atoms with E-state index in [-0.39, 0.29) is 5.92 Å². The number of nitrogens with zero attached hydrogens (tertiary/aromatic N) is 5. The quantitative estimate of drug-likeness (QED) is 0.673. The van der Waals surface area contributed by atoms with Crippen LogP contribution in [0.1, 0.15) is 35.9 Å². The Labute approximate surface area is 162 Å². The second-order valence-corrected chi connectivity index (χ2v) is 7.13. The van der Waals surface area contributed by atoms with Crippen LogP contribution in [-0.2, 0) is 0 Å². The Balaban J connectivity index is 1.54. The van der Waals surface area contributed by atoms with Gasteiger partial charge >= 0.3 is 0 Å². The fourth-order valence-corrected chi connectivity index (χ4v) is 3.44. The van der Waals surface area contributed by atoms with Crippen molar-refractivity contribution < 1.29 is 4.52 Å². The molecule has 1 aromatic carbocycles. The lowest BCUT2D eigenvalue weighted by Crippen LogP contribution is -2.35. The van der Waals surface area contributed by atoms with E-state index in [2.05, 4.69) is 26.1 Å². The first kappa shape index (κ1) is 17.5. The summed E-state index contributed by atoms with van der Waals surface area (Å²) in [5.74, 6) is 2.16. The number of hydrogen-bond acceptors (Lipinski definition) is 6. The minimum Gasteiger partial charge on any atom is -0.356 e. The molecule has 7 heteroatoms. The molecule has 2 aromatic heterocycles. The molecule has 0 aliphatic carbocycles. The van der Waals surface area contributed by atoms with E-state index in [4.69, 9.17) is 16.1 Å². The molecule has 27 heavy (non-hydrogen) atoms. The summed E-state index contributed by atoms with van der Waals surface area (Å²) in [5, 5.41) is 14.0. The van der Waals surface area contributed by atoms with Gasteiger partial charge in [0.25, 0.3) is 0 Å². The zero-order chi connectivity index (χ0) is 18.8. The molecule has 0 amide bonds. The van der Waals surface area contributed by atoms with E-state index in [1.54, 1.807) is 0 Å². The number of aryl methyl sites for hydroxylation is 1. The van der Waals surface area contributed by atoms with Crippen LogP contribution in [0.15, 0.2) is 40.9 Å². The van der Waals surface area contributed by atoms with Crippen LogP contribution in [0.5, 0.6) is 0 Å². The van der Waals surface area contributed by atoms with Gasteiger partial charge in [0.05, 0.1) is 5.92 Å². The fourth-order valence-electron chi connectivity index (χ4n) is 3.31. The van der Waals surface area contributed by atoms with Crippen molar-refractivity contribution in [3.63, 3.8) is 0 Å². The molecule has 6 nitrogen and oxygen atoms in total. The first-order valence-corrected chi connectivity index (χ1v) is 9.24. The molecular formula is C20H18ClN5O. The van der Waals surface area contributed by atoms with Crippen LogP contribution < -0.4 is 4.90 Å². The zero-order valence-corrected chi connectivity index (χ0v) is 15.6. The van der Waals surface area contributed by atoms with Gasteiger partial charge in [-0.25, -0.2) is 4.98 Å². The Bertz CT molecular complexity index is 992. The van der Waals surface area contributed by atoms with Gasteiger partial charge in [0.1, 0.15) is 17.6 Å². The lowest BCUT2D eigenvalue weighted by Gasteiger charge is -2.32. The Kier molecular flexibility index (Phi) is 4.78. The predicted molar refractivity (Wildman–Crippen MR) is 103 cm³/mol. The molecule has 1 aliphatic heterocycles. The van der Waals surface area contributed by atoms with Crippen LogP contribution in [-0.4, -0.2) is 28.2 Å². The lowest BCUT2D eigenvalue weighted by atomic mass is 9.98. The number of halogens is 1. The van der Waals surface area contributed by atoms with Crippen LogP contribution >= 0.6 is 11.6 Å². The van der Waals surface area contributed by atoms with E-state index in [9.17, 15) is 5.26 Å². The van der Waals surface area contributed by atoms with Gasteiger partial charge < -0.3 is 9.42 Å². The minimum atomic E-state index is 0.140. The van der Waals surface area contributed by atoms with Crippen LogP contribution in [0.3, 0.4) is 0 Å². The summed E-state index contributed by atoms with van der Waals surface area (Å²) >= 11 is 5.94. The second kappa shape index (κ2) is 7.37. The Morgan fingerprint density at radius 3 is 2.78 bits per heavy atom. The Hall–Kier alpha value is -2.91. The van der Waals surface area contributed by atoms with Crippen molar-refractivity contribution >= 4 is 17.4 Å². The molecule has 0 N–H and O–H groups in total. The summed E-state index contributed by atoms with van der Waals surface area (Å²) in [6.07, 6.45) is 1.98. The van der Waals surface area contributed by atoms with Crippen molar-refractivity contribution in [3.8, 4) is 17.5 Å². The SMILES string of the molecule is Cc1ccc(N2CCCC(c3nc(-c4ccc(Cl)cc4)no3)C2)nc1C#N. The lowest BCUT2D eigenvalue weighted by molar-refractivity contribution is 0.333. The highest BCUT2D eigenvalue weighted by molar-refractivity contribution is 6.30. The third kappa shape index (κ3) is 3.64. The standard InChI is InChI=1S/C20H18ClN5O/c1-13-4-9-18(23-17(13)11-22)26-10-2-3-15(12-26)20-24-19(25-27-20)14-5-7-16(21)8-6-14/h4-9,15H,2-3,10,12H2,1H3. The topological polar surface area (TPSA) is 78.8 Å². The van der Waals surface area contributed by atoms with E-state index in [1.807, 2.05) is 43.3 Å². The normalized spacial score (nSPS) is 16.9. The highest BCUT2D eigenvalue weighted by Crippen LogP contribution is 2.30. The van der Waals surface area contributed by atoms with Crippen molar-refractivity contribution in [3.05, 3.63) is 58.6 Å². The predicted octanol–water partition coefficient (Wildman–Crippen LogP) is 4.35. The van der Waals surface area contributed by atoms with Gasteiger partial charge in [-0.3, -0.25) is 0 Å². The van der Waals surface area contributed by atoms with Crippen molar-refractivity contribution in [2.24, 2.45) is 0 Å². The van der Waals surface area contributed by atoms with Gasteiger partial charge in [0.15, 0.2) is 0 Å². The van der Waals surface area contributed by atoms with Gasteiger partial charge in [0.2, 0.25) is 11.7 Å². The smallest absolute Gasteiger partial charge is 0.231 e. The highest BCUT2D eigenvalue weighted by Gasteiger charge is 2.27. The molecule has 1 fully saturated rings. The highest BCUT2D eigenvalue weighted by atomic mass is 35.5. The third-order valence-corrected chi connectivity index (χ3v) is 5.08. The number of anilines is 1. The summed E-state index contributed by atoms with van der Waals surface area (Å²) in [5.41, 5.74) is 2.23. The maximum atomic E-state index is 9.23. The number of pyridine rings is 1. The van der Waals surface area contributed by atoms with Gasteiger partial charge in [-0.15, -0.1) is 0 Å². The molecule has 3 aromatic rings. The molecule has 0 spiro atoms.